The molecule has 0 saturated heterocycles. The molecule has 0 bridgehead atoms. The van der Waals surface area contributed by atoms with E-state index in [1.54, 1.807) is 12.1 Å². The van der Waals surface area contributed by atoms with Crippen LogP contribution in [0.15, 0.2) is 69.6 Å². The van der Waals surface area contributed by atoms with Crippen molar-refractivity contribution in [2.45, 2.75) is 19.9 Å². The first-order valence-electron chi connectivity index (χ1n) is 8.51. The molecule has 3 rings (SSSR count). The molecule has 2 aromatic carbocycles. The van der Waals surface area contributed by atoms with Gasteiger partial charge in [-0.25, -0.2) is 0 Å². The van der Waals surface area contributed by atoms with Crippen molar-refractivity contribution < 1.29 is 13.9 Å². The van der Waals surface area contributed by atoms with E-state index in [4.69, 9.17) is 9.15 Å². The fraction of sp³-hybridized carbons (Fsp3) is 0.190. The fourth-order valence-electron chi connectivity index (χ4n) is 2.43. The summed E-state index contributed by atoms with van der Waals surface area (Å²) in [6, 6.07) is 18.8. The second-order valence-corrected chi connectivity index (χ2v) is 6.74. The van der Waals surface area contributed by atoms with Gasteiger partial charge >= 0.3 is 0 Å². The molecule has 0 aliphatic carbocycles. The predicted molar refractivity (Wildman–Crippen MR) is 105 cm³/mol. The smallest absolute Gasteiger partial charge is 0.251 e. The Morgan fingerprint density at radius 2 is 1.77 bits per heavy atom. The van der Waals surface area contributed by atoms with Gasteiger partial charge in [-0.3, -0.25) is 4.79 Å². The van der Waals surface area contributed by atoms with E-state index in [0.717, 1.165) is 28.0 Å². The monoisotopic (exact) mass is 413 g/mol. The van der Waals surface area contributed by atoms with Crippen LogP contribution in [0, 0.1) is 0 Å². The SMILES string of the molecule is CCCOc1ccc(C(=O)NCc2ccc(-c3ccc(Br)cc3)o2)cc1. The van der Waals surface area contributed by atoms with Crippen LogP contribution in [-0.4, -0.2) is 12.5 Å². The minimum atomic E-state index is -0.145. The highest BCUT2D eigenvalue weighted by atomic mass is 79.9. The van der Waals surface area contributed by atoms with Crippen molar-refractivity contribution in [2.24, 2.45) is 0 Å². The molecule has 26 heavy (non-hydrogen) atoms. The Bertz CT molecular complexity index is 854. The molecule has 5 heteroatoms. The van der Waals surface area contributed by atoms with Crippen LogP contribution in [0.3, 0.4) is 0 Å². The Hall–Kier alpha value is -2.53. The summed E-state index contributed by atoms with van der Waals surface area (Å²) in [6.45, 7) is 3.06. The number of nitrogens with one attached hydrogen (secondary N) is 1. The van der Waals surface area contributed by atoms with E-state index in [1.807, 2.05) is 48.5 Å². The summed E-state index contributed by atoms with van der Waals surface area (Å²) in [5.41, 5.74) is 1.59. The van der Waals surface area contributed by atoms with Crippen LogP contribution < -0.4 is 10.1 Å². The van der Waals surface area contributed by atoms with E-state index in [0.29, 0.717) is 24.5 Å². The molecule has 0 spiro atoms. The van der Waals surface area contributed by atoms with Gasteiger partial charge in [0, 0.05) is 15.6 Å². The zero-order chi connectivity index (χ0) is 18.4. The molecular weight excluding hydrogens is 394 g/mol. The van der Waals surface area contributed by atoms with Gasteiger partial charge in [-0.15, -0.1) is 0 Å². The van der Waals surface area contributed by atoms with Crippen LogP contribution in [0.4, 0.5) is 0 Å². The first-order chi connectivity index (χ1) is 12.7. The quantitative estimate of drug-likeness (QED) is 0.561. The largest absolute Gasteiger partial charge is 0.494 e. The number of halogens is 1. The normalized spacial score (nSPS) is 10.5. The van der Waals surface area contributed by atoms with Gasteiger partial charge in [0.1, 0.15) is 17.3 Å². The van der Waals surface area contributed by atoms with Crippen molar-refractivity contribution in [3.8, 4) is 17.1 Å². The maximum absolute atomic E-state index is 12.3. The summed E-state index contributed by atoms with van der Waals surface area (Å²) < 4.78 is 12.4. The van der Waals surface area contributed by atoms with Crippen molar-refractivity contribution in [3.63, 3.8) is 0 Å². The molecule has 1 N–H and O–H groups in total. The number of hydrogen-bond acceptors (Lipinski definition) is 3. The Kier molecular flexibility index (Phi) is 6.12. The first kappa shape index (κ1) is 18.3. The maximum Gasteiger partial charge on any atom is 0.251 e. The number of rotatable bonds is 7. The average molecular weight is 414 g/mol. The van der Waals surface area contributed by atoms with E-state index >= 15 is 0 Å². The van der Waals surface area contributed by atoms with Gasteiger partial charge in [0.05, 0.1) is 13.2 Å². The molecule has 0 saturated carbocycles. The molecular formula is C21H20BrNO3. The average Bonchev–Trinajstić information content (AvgIpc) is 3.14. The third kappa shape index (κ3) is 4.76. The molecule has 0 radical (unpaired) electrons. The number of hydrogen-bond donors (Lipinski definition) is 1. The number of amides is 1. The lowest BCUT2D eigenvalue weighted by atomic mass is 10.2. The molecule has 1 amide bonds. The summed E-state index contributed by atoms with van der Waals surface area (Å²) in [5.74, 6) is 2.11. The van der Waals surface area contributed by atoms with Gasteiger partial charge in [0.25, 0.3) is 5.91 Å². The topological polar surface area (TPSA) is 51.5 Å². The second kappa shape index (κ2) is 8.72. The molecule has 1 heterocycles. The lowest BCUT2D eigenvalue weighted by Gasteiger charge is -2.06. The van der Waals surface area contributed by atoms with Crippen molar-refractivity contribution in [3.05, 3.63) is 76.5 Å². The zero-order valence-electron chi connectivity index (χ0n) is 14.5. The zero-order valence-corrected chi connectivity index (χ0v) is 16.1. The third-order valence-corrected chi connectivity index (χ3v) is 4.33. The molecule has 0 unspecified atom stereocenters. The van der Waals surface area contributed by atoms with E-state index in [9.17, 15) is 4.79 Å². The Morgan fingerprint density at radius 3 is 2.46 bits per heavy atom. The van der Waals surface area contributed by atoms with Gasteiger partial charge in [-0.1, -0.05) is 35.0 Å². The highest BCUT2D eigenvalue weighted by molar-refractivity contribution is 9.10. The molecule has 0 aliphatic heterocycles. The van der Waals surface area contributed by atoms with E-state index < -0.39 is 0 Å². The van der Waals surface area contributed by atoms with Crippen LogP contribution in [0.5, 0.6) is 5.75 Å². The molecule has 0 atom stereocenters. The Morgan fingerprint density at radius 1 is 1.04 bits per heavy atom. The highest BCUT2D eigenvalue weighted by Gasteiger charge is 2.09. The summed E-state index contributed by atoms with van der Waals surface area (Å²) >= 11 is 3.42. The molecule has 4 nitrogen and oxygen atoms in total. The van der Waals surface area contributed by atoms with E-state index in [2.05, 4.69) is 28.2 Å². The fourth-order valence-corrected chi connectivity index (χ4v) is 2.70. The summed E-state index contributed by atoms with van der Waals surface area (Å²) in [7, 11) is 0. The minimum absolute atomic E-state index is 0.145. The third-order valence-electron chi connectivity index (χ3n) is 3.80. The van der Waals surface area contributed by atoms with E-state index in [-0.39, 0.29) is 5.91 Å². The van der Waals surface area contributed by atoms with Gasteiger partial charge in [-0.2, -0.15) is 0 Å². The molecule has 0 aliphatic rings. The molecule has 134 valence electrons. The summed E-state index contributed by atoms with van der Waals surface area (Å²) in [5, 5.41) is 2.87. The van der Waals surface area contributed by atoms with Crippen molar-refractivity contribution in [1.82, 2.24) is 5.32 Å². The Labute approximate surface area is 161 Å². The van der Waals surface area contributed by atoms with Crippen LogP contribution in [0.1, 0.15) is 29.5 Å². The van der Waals surface area contributed by atoms with Crippen LogP contribution >= 0.6 is 15.9 Å². The van der Waals surface area contributed by atoms with E-state index in [1.165, 1.54) is 0 Å². The van der Waals surface area contributed by atoms with Gasteiger partial charge in [0.15, 0.2) is 0 Å². The minimum Gasteiger partial charge on any atom is -0.494 e. The van der Waals surface area contributed by atoms with Crippen molar-refractivity contribution >= 4 is 21.8 Å². The standard InChI is InChI=1S/C21H20BrNO3/c1-2-13-25-18-9-5-16(6-10-18)21(24)23-14-19-11-12-20(26-19)15-3-7-17(22)8-4-15/h3-12H,2,13-14H2,1H3,(H,23,24). The summed E-state index contributed by atoms with van der Waals surface area (Å²) in [6.07, 6.45) is 0.952. The lowest BCUT2D eigenvalue weighted by Crippen LogP contribution is -2.22. The molecule has 0 fully saturated rings. The van der Waals surface area contributed by atoms with Gasteiger partial charge in [0.2, 0.25) is 0 Å². The number of furan rings is 1. The number of carbonyl (C=O) groups is 1. The maximum atomic E-state index is 12.3. The summed E-state index contributed by atoms with van der Waals surface area (Å²) in [4.78, 5) is 12.3. The number of ether oxygens (including phenoxy) is 1. The van der Waals surface area contributed by atoms with Gasteiger partial charge in [-0.05, 0) is 55.0 Å². The Balaban J connectivity index is 1.57. The van der Waals surface area contributed by atoms with Crippen molar-refractivity contribution in [1.29, 1.82) is 0 Å². The molecule has 1 aromatic heterocycles. The van der Waals surface area contributed by atoms with Gasteiger partial charge < -0.3 is 14.5 Å². The van der Waals surface area contributed by atoms with Crippen LogP contribution in [0.2, 0.25) is 0 Å². The molecule has 3 aromatic rings. The van der Waals surface area contributed by atoms with Crippen LogP contribution in [0.25, 0.3) is 11.3 Å². The predicted octanol–water partition coefficient (Wildman–Crippen LogP) is 5.43. The second-order valence-electron chi connectivity index (χ2n) is 5.83. The van der Waals surface area contributed by atoms with Crippen LogP contribution in [-0.2, 0) is 6.54 Å². The van der Waals surface area contributed by atoms with Crippen molar-refractivity contribution in [2.75, 3.05) is 6.61 Å². The highest BCUT2D eigenvalue weighted by Crippen LogP contribution is 2.24. The first-order valence-corrected chi connectivity index (χ1v) is 9.30. The lowest BCUT2D eigenvalue weighted by molar-refractivity contribution is 0.0948. The number of carbonyl (C=O) groups excluding carboxylic acids is 1. The number of benzene rings is 2.